The van der Waals surface area contributed by atoms with Gasteiger partial charge in [-0.1, -0.05) is 58.6 Å². The highest BCUT2D eigenvalue weighted by Crippen LogP contribution is 2.27. The zero-order valence-corrected chi connectivity index (χ0v) is 13.4. The first-order valence-electron chi connectivity index (χ1n) is 8.19. The van der Waals surface area contributed by atoms with Crippen molar-refractivity contribution in [3.63, 3.8) is 0 Å². The summed E-state index contributed by atoms with van der Waals surface area (Å²) in [5.41, 5.74) is 7.59. The van der Waals surface area contributed by atoms with Crippen LogP contribution in [-0.4, -0.2) is 6.61 Å². The third-order valence-electron chi connectivity index (χ3n) is 3.89. The molecule has 0 aliphatic heterocycles. The summed E-state index contributed by atoms with van der Waals surface area (Å²) in [6.07, 6.45) is 7.21. The van der Waals surface area contributed by atoms with Gasteiger partial charge in [-0.2, -0.15) is 0 Å². The molecular formula is C18H31NO. The van der Waals surface area contributed by atoms with Gasteiger partial charge in [0.15, 0.2) is 0 Å². The van der Waals surface area contributed by atoms with Gasteiger partial charge in [-0.05, 0) is 36.5 Å². The van der Waals surface area contributed by atoms with E-state index in [2.05, 4.69) is 32.9 Å². The van der Waals surface area contributed by atoms with Crippen LogP contribution in [0.3, 0.4) is 0 Å². The van der Waals surface area contributed by atoms with Gasteiger partial charge < -0.3 is 10.5 Å². The normalized spacial score (nSPS) is 14.0. The second kappa shape index (κ2) is 9.82. The topological polar surface area (TPSA) is 35.2 Å². The Hall–Kier alpha value is -1.02. The van der Waals surface area contributed by atoms with Crippen LogP contribution in [-0.2, 0) is 0 Å². The Balaban J connectivity index is 2.58. The van der Waals surface area contributed by atoms with Crippen molar-refractivity contribution in [2.24, 2.45) is 11.7 Å². The Kier molecular flexibility index (Phi) is 8.36. The van der Waals surface area contributed by atoms with Gasteiger partial charge in [-0.3, -0.25) is 0 Å². The lowest BCUT2D eigenvalue weighted by molar-refractivity contribution is 0.316. The minimum absolute atomic E-state index is 0.127. The van der Waals surface area contributed by atoms with E-state index >= 15 is 0 Å². The van der Waals surface area contributed by atoms with Crippen LogP contribution < -0.4 is 10.5 Å². The van der Waals surface area contributed by atoms with Crippen LogP contribution in [0.5, 0.6) is 5.75 Å². The molecule has 0 heterocycles. The highest BCUT2D eigenvalue weighted by molar-refractivity contribution is 5.30. The minimum Gasteiger partial charge on any atom is -0.494 e. The second-order valence-corrected chi connectivity index (χ2v) is 5.68. The molecule has 1 rings (SSSR count). The predicted molar refractivity (Wildman–Crippen MR) is 87.1 cm³/mol. The molecule has 0 bridgehead atoms. The van der Waals surface area contributed by atoms with Crippen molar-refractivity contribution in [1.82, 2.24) is 0 Å². The number of ether oxygens (including phenoxy) is 1. The predicted octanol–water partition coefficient (Wildman–Crippen LogP) is 5.08. The summed E-state index contributed by atoms with van der Waals surface area (Å²) in [6.45, 7) is 7.41. The highest BCUT2D eigenvalue weighted by Gasteiger charge is 2.13. The standard InChI is InChI=1S/C18H31NO/c1-4-7-9-15(6-3)13-18(19)16-10-8-11-17(14-16)20-12-5-2/h8,10-11,14-15,18H,4-7,9,12-13,19H2,1-3H3. The van der Waals surface area contributed by atoms with Gasteiger partial charge in [0.25, 0.3) is 0 Å². The van der Waals surface area contributed by atoms with Gasteiger partial charge in [0.05, 0.1) is 6.61 Å². The largest absolute Gasteiger partial charge is 0.494 e. The van der Waals surface area contributed by atoms with Crippen LogP contribution in [0.4, 0.5) is 0 Å². The maximum Gasteiger partial charge on any atom is 0.119 e. The van der Waals surface area contributed by atoms with Crippen LogP contribution in [0.2, 0.25) is 0 Å². The van der Waals surface area contributed by atoms with Crippen molar-refractivity contribution in [3.8, 4) is 5.75 Å². The molecular weight excluding hydrogens is 246 g/mol. The number of unbranched alkanes of at least 4 members (excludes halogenated alkanes) is 1. The number of rotatable bonds is 10. The first-order valence-corrected chi connectivity index (χ1v) is 8.19. The summed E-state index contributed by atoms with van der Waals surface area (Å²) in [4.78, 5) is 0. The Morgan fingerprint density at radius 1 is 1.15 bits per heavy atom. The first-order chi connectivity index (χ1) is 9.71. The zero-order chi connectivity index (χ0) is 14.8. The number of hydrogen-bond acceptors (Lipinski definition) is 2. The van der Waals surface area contributed by atoms with E-state index in [0.717, 1.165) is 31.1 Å². The monoisotopic (exact) mass is 277 g/mol. The molecule has 0 aliphatic rings. The number of nitrogens with two attached hydrogens (primary N) is 1. The number of hydrogen-bond donors (Lipinski definition) is 1. The summed E-state index contributed by atoms with van der Waals surface area (Å²) >= 11 is 0. The van der Waals surface area contributed by atoms with Crippen molar-refractivity contribution >= 4 is 0 Å². The third-order valence-corrected chi connectivity index (χ3v) is 3.89. The van der Waals surface area contributed by atoms with Gasteiger partial charge in [0.1, 0.15) is 5.75 Å². The molecule has 2 heteroatoms. The van der Waals surface area contributed by atoms with Crippen LogP contribution in [0.25, 0.3) is 0 Å². The quantitative estimate of drug-likeness (QED) is 0.647. The van der Waals surface area contributed by atoms with E-state index < -0.39 is 0 Å². The van der Waals surface area contributed by atoms with E-state index in [0.29, 0.717) is 0 Å². The molecule has 114 valence electrons. The first kappa shape index (κ1) is 17.0. The SMILES string of the molecule is CCCCC(CC)CC(N)c1cccc(OCCC)c1. The fourth-order valence-electron chi connectivity index (χ4n) is 2.53. The van der Waals surface area contributed by atoms with Crippen molar-refractivity contribution < 1.29 is 4.74 Å². The van der Waals surface area contributed by atoms with Crippen LogP contribution in [0, 0.1) is 5.92 Å². The van der Waals surface area contributed by atoms with Gasteiger partial charge in [0, 0.05) is 6.04 Å². The lowest BCUT2D eigenvalue weighted by Gasteiger charge is -2.20. The molecule has 0 fully saturated rings. The molecule has 0 amide bonds. The Morgan fingerprint density at radius 2 is 1.95 bits per heavy atom. The smallest absolute Gasteiger partial charge is 0.119 e. The van der Waals surface area contributed by atoms with Gasteiger partial charge in [-0.15, -0.1) is 0 Å². The summed E-state index contributed by atoms with van der Waals surface area (Å²) in [7, 11) is 0. The van der Waals surface area contributed by atoms with Crippen LogP contribution in [0.1, 0.15) is 70.9 Å². The molecule has 2 N–H and O–H groups in total. The van der Waals surface area contributed by atoms with E-state index in [1.807, 2.05) is 12.1 Å². The fraction of sp³-hybridized carbons (Fsp3) is 0.667. The number of benzene rings is 1. The lowest BCUT2D eigenvalue weighted by atomic mass is 9.89. The van der Waals surface area contributed by atoms with Crippen molar-refractivity contribution in [1.29, 1.82) is 0 Å². The minimum atomic E-state index is 0.127. The average Bonchev–Trinajstić information content (AvgIpc) is 2.49. The molecule has 2 nitrogen and oxygen atoms in total. The molecule has 0 saturated heterocycles. The molecule has 0 radical (unpaired) electrons. The second-order valence-electron chi connectivity index (χ2n) is 5.68. The van der Waals surface area contributed by atoms with E-state index in [-0.39, 0.29) is 6.04 Å². The van der Waals surface area contributed by atoms with E-state index in [1.165, 1.54) is 31.2 Å². The van der Waals surface area contributed by atoms with Crippen LogP contribution >= 0.6 is 0 Å². The van der Waals surface area contributed by atoms with Crippen molar-refractivity contribution in [2.45, 2.75) is 65.3 Å². The average molecular weight is 277 g/mol. The highest BCUT2D eigenvalue weighted by atomic mass is 16.5. The molecule has 0 spiro atoms. The lowest BCUT2D eigenvalue weighted by Crippen LogP contribution is -2.15. The van der Waals surface area contributed by atoms with Crippen molar-refractivity contribution in [3.05, 3.63) is 29.8 Å². The third kappa shape index (κ3) is 5.96. The van der Waals surface area contributed by atoms with E-state index in [1.54, 1.807) is 0 Å². The van der Waals surface area contributed by atoms with E-state index in [9.17, 15) is 0 Å². The molecule has 1 aromatic carbocycles. The Labute approximate surface area is 124 Å². The molecule has 0 aromatic heterocycles. The molecule has 20 heavy (non-hydrogen) atoms. The Morgan fingerprint density at radius 3 is 2.60 bits per heavy atom. The summed E-state index contributed by atoms with van der Waals surface area (Å²) in [5.74, 6) is 1.69. The zero-order valence-electron chi connectivity index (χ0n) is 13.4. The summed E-state index contributed by atoms with van der Waals surface area (Å²) in [6, 6.07) is 8.41. The molecule has 2 atom stereocenters. The maximum atomic E-state index is 6.39. The Bertz CT molecular complexity index is 364. The van der Waals surface area contributed by atoms with Gasteiger partial charge in [-0.25, -0.2) is 0 Å². The van der Waals surface area contributed by atoms with Crippen LogP contribution in [0.15, 0.2) is 24.3 Å². The summed E-state index contributed by atoms with van der Waals surface area (Å²) < 4.78 is 5.69. The fourth-order valence-corrected chi connectivity index (χ4v) is 2.53. The molecule has 0 aliphatic carbocycles. The molecule has 0 saturated carbocycles. The van der Waals surface area contributed by atoms with E-state index in [4.69, 9.17) is 10.5 Å². The van der Waals surface area contributed by atoms with Gasteiger partial charge in [0.2, 0.25) is 0 Å². The molecule has 1 aromatic rings. The molecule has 2 unspecified atom stereocenters. The van der Waals surface area contributed by atoms with Gasteiger partial charge >= 0.3 is 0 Å². The maximum absolute atomic E-state index is 6.39. The van der Waals surface area contributed by atoms with Crippen molar-refractivity contribution in [2.75, 3.05) is 6.61 Å². The summed E-state index contributed by atoms with van der Waals surface area (Å²) in [5, 5.41) is 0.